The van der Waals surface area contributed by atoms with Gasteiger partial charge in [0.1, 0.15) is 0 Å². The second-order valence-electron chi connectivity index (χ2n) is 5.04. The summed E-state index contributed by atoms with van der Waals surface area (Å²) in [6.07, 6.45) is 1.38. The Morgan fingerprint density at radius 1 is 1.37 bits per heavy atom. The van der Waals surface area contributed by atoms with Gasteiger partial charge in [0.2, 0.25) is 15.9 Å². The molecule has 0 aromatic heterocycles. The standard InChI is InChI=1S/C12H25N3O3S/c1-4-19(17,18)15-7-5-11(6-8-15)14-12(16)10(2)9-13-3/h10-11,13H,4-9H2,1-3H3,(H,14,16). The van der Waals surface area contributed by atoms with Crippen LogP contribution in [0.5, 0.6) is 0 Å². The molecule has 1 aliphatic heterocycles. The summed E-state index contributed by atoms with van der Waals surface area (Å²) in [5.74, 6) is 0.108. The van der Waals surface area contributed by atoms with Crippen molar-refractivity contribution in [2.24, 2.45) is 5.92 Å². The van der Waals surface area contributed by atoms with Gasteiger partial charge in [-0.2, -0.15) is 0 Å². The lowest BCUT2D eigenvalue weighted by molar-refractivity contribution is -0.125. The summed E-state index contributed by atoms with van der Waals surface area (Å²) < 4.78 is 24.9. The number of hydrogen-bond acceptors (Lipinski definition) is 4. The van der Waals surface area contributed by atoms with Crippen LogP contribution in [0.25, 0.3) is 0 Å². The van der Waals surface area contributed by atoms with Crippen molar-refractivity contribution in [1.29, 1.82) is 0 Å². The van der Waals surface area contributed by atoms with Gasteiger partial charge < -0.3 is 10.6 Å². The van der Waals surface area contributed by atoms with Crippen molar-refractivity contribution in [1.82, 2.24) is 14.9 Å². The van der Waals surface area contributed by atoms with E-state index in [0.29, 0.717) is 32.5 Å². The summed E-state index contributed by atoms with van der Waals surface area (Å²) in [4.78, 5) is 11.9. The molecular weight excluding hydrogens is 266 g/mol. The first kappa shape index (κ1) is 16.4. The zero-order valence-electron chi connectivity index (χ0n) is 12.0. The number of nitrogens with zero attached hydrogens (tertiary/aromatic N) is 1. The average Bonchev–Trinajstić information content (AvgIpc) is 2.39. The topological polar surface area (TPSA) is 78.5 Å². The highest BCUT2D eigenvalue weighted by Gasteiger charge is 2.27. The van der Waals surface area contributed by atoms with Gasteiger partial charge in [-0.05, 0) is 26.8 Å². The van der Waals surface area contributed by atoms with Crippen LogP contribution in [0.15, 0.2) is 0 Å². The lowest BCUT2D eigenvalue weighted by Crippen LogP contribution is -2.48. The number of rotatable bonds is 6. The molecule has 0 radical (unpaired) electrons. The third-order valence-electron chi connectivity index (χ3n) is 3.52. The fourth-order valence-corrected chi connectivity index (χ4v) is 3.34. The van der Waals surface area contributed by atoms with Gasteiger partial charge in [-0.1, -0.05) is 6.92 Å². The minimum atomic E-state index is -3.09. The van der Waals surface area contributed by atoms with Gasteiger partial charge in [-0.25, -0.2) is 12.7 Å². The van der Waals surface area contributed by atoms with Gasteiger partial charge in [-0.3, -0.25) is 4.79 Å². The van der Waals surface area contributed by atoms with E-state index in [1.54, 1.807) is 6.92 Å². The summed E-state index contributed by atoms with van der Waals surface area (Å²) in [6.45, 7) is 5.18. The minimum absolute atomic E-state index is 0.0335. The number of nitrogens with one attached hydrogen (secondary N) is 2. The maximum absolute atomic E-state index is 11.9. The highest BCUT2D eigenvalue weighted by atomic mass is 32.2. The van der Waals surface area contributed by atoms with Crippen LogP contribution in [0, 0.1) is 5.92 Å². The normalized spacial score (nSPS) is 20.2. The second kappa shape index (κ2) is 7.21. The van der Waals surface area contributed by atoms with E-state index >= 15 is 0 Å². The lowest BCUT2D eigenvalue weighted by Gasteiger charge is -2.31. The van der Waals surface area contributed by atoms with Gasteiger partial charge in [0.15, 0.2) is 0 Å². The summed E-state index contributed by atoms with van der Waals surface area (Å²) in [7, 11) is -1.27. The van der Waals surface area contributed by atoms with E-state index in [4.69, 9.17) is 0 Å². The maximum Gasteiger partial charge on any atom is 0.224 e. The number of amides is 1. The van der Waals surface area contributed by atoms with E-state index in [2.05, 4.69) is 10.6 Å². The molecule has 1 saturated heterocycles. The molecule has 1 atom stereocenters. The summed E-state index contributed by atoms with van der Waals surface area (Å²) in [5.41, 5.74) is 0. The molecule has 0 aliphatic carbocycles. The molecule has 1 aliphatic rings. The Labute approximate surface area is 116 Å². The average molecular weight is 291 g/mol. The van der Waals surface area contributed by atoms with E-state index in [9.17, 15) is 13.2 Å². The third-order valence-corrected chi connectivity index (χ3v) is 5.40. The van der Waals surface area contributed by atoms with Crippen LogP contribution in [-0.2, 0) is 14.8 Å². The van der Waals surface area contributed by atoms with Crippen molar-refractivity contribution in [2.45, 2.75) is 32.7 Å². The molecule has 0 spiro atoms. The van der Waals surface area contributed by atoms with Crippen LogP contribution in [-0.4, -0.2) is 57.1 Å². The summed E-state index contributed by atoms with van der Waals surface area (Å²) in [6, 6.07) is 0.0927. The van der Waals surface area contributed by atoms with Crippen LogP contribution >= 0.6 is 0 Å². The van der Waals surface area contributed by atoms with Gasteiger partial charge in [-0.15, -0.1) is 0 Å². The molecule has 2 N–H and O–H groups in total. The highest BCUT2D eigenvalue weighted by Crippen LogP contribution is 2.14. The van der Waals surface area contributed by atoms with Crippen LogP contribution in [0.2, 0.25) is 0 Å². The maximum atomic E-state index is 11.9. The van der Waals surface area contributed by atoms with Gasteiger partial charge in [0.05, 0.1) is 5.75 Å². The van der Waals surface area contributed by atoms with E-state index in [1.165, 1.54) is 4.31 Å². The predicted molar refractivity (Wildman–Crippen MR) is 75.3 cm³/mol. The first-order valence-electron chi connectivity index (χ1n) is 6.83. The number of carbonyl (C=O) groups is 1. The second-order valence-corrected chi connectivity index (χ2v) is 7.30. The molecular formula is C12H25N3O3S. The monoisotopic (exact) mass is 291 g/mol. The van der Waals surface area contributed by atoms with Crippen molar-refractivity contribution >= 4 is 15.9 Å². The molecule has 19 heavy (non-hydrogen) atoms. The molecule has 1 unspecified atom stereocenters. The SMILES string of the molecule is CCS(=O)(=O)N1CCC(NC(=O)C(C)CNC)CC1. The molecule has 1 amide bonds. The molecule has 0 aromatic carbocycles. The molecule has 1 fully saturated rings. The molecule has 6 nitrogen and oxygen atoms in total. The number of piperidine rings is 1. The Hall–Kier alpha value is -0.660. The fraction of sp³-hybridized carbons (Fsp3) is 0.917. The van der Waals surface area contributed by atoms with Crippen LogP contribution < -0.4 is 10.6 Å². The number of hydrogen-bond donors (Lipinski definition) is 2. The van der Waals surface area contributed by atoms with E-state index < -0.39 is 10.0 Å². The largest absolute Gasteiger partial charge is 0.353 e. The summed E-state index contributed by atoms with van der Waals surface area (Å²) >= 11 is 0. The smallest absolute Gasteiger partial charge is 0.224 e. The molecule has 0 aromatic rings. The highest BCUT2D eigenvalue weighted by molar-refractivity contribution is 7.89. The van der Waals surface area contributed by atoms with Gasteiger partial charge >= 0.3 is 0 Å². The van der Waals surface area contributed by atoms with Crippen molar-refractivity contribution in [2.75, 3.05) is 32.4 Å². The Morgan fingerprint density at radius 3 is 2.42 bits per heavy atom. The third kappa shape index (κ3) is 4.74. The minimum Gasteiger partial charge on any atom is -0.353 e. The van der Waals surface area contributed by atoms with Crippen molar-refractivity contribution in [3.8, 4) is 0 Å². The Bertz CT molecular complexity index is 389. The summed E-state index contributed by atoms with van der Waals surface area (Å²) in [5, 5.41) is 5.96. The first-order chi connectivity index (χ1) is 8.90. The molecule has 0 saturated carbocycles. The Kier molecular flexibility index (Phi) is 6.22. The molecule has 7 heteroatoms. The van der Waals surface area contributed by atoms with Crippen LogP contribution in [0.3, 0.4) is 0 Å². The van der Waals surface area contributed by atoms with Crippen LogP contribution in [0.1, 0.15) is 26.7 Å². The van der Waals surface area contributed by atoms with Crippen molar-refractivity contribution in [3.05, 3.63) is 0 Å². The Balaban J connectivity index is 2.41. The first-order valence-corrected chi connectivity index (χ1v) is 8.44. The molecule has 1 rings (SSSR count). The predicted octanol–water partition coefficient (Wildman–Crippen LogP) is -0.228. The van der Waals surface area contributed by atoms with Gasteiger partial charge in [0, 0.05) is 31.6 Å². The molecule has 112 valence electrons. The van der Waals surface area contributed by atoms with Crippen molar-refractivity contribution in [3.63, 3.8) is 0 Å². The van der Waals surface area contributed by atoms with E-state index in [1.807, 2.05) is 14.0 Å². The fourth-order valence-electron chi connectivity index (χ4n) is 2.20. The number of carbonyl (C=O) groups excluding carboxylic acids is 1. The van der Waals surface area contributed by atoms with E-state index in [-0.39, 0.29) is 23.6 Å². The van der Waals surface area contributed by atoms with Crippen LogP contribution in [0.4, 0.5) is 0 Å². The van der Waals surface area contributed by atoms with E-state index in [0.717, 1.165) is 0 Å². The number of sulfonamides is 1. The molecule has 0 bridgehead atoms. The zero-order chi connectivity index (χ0) is 14.5. The van der Waals surface area contributed by atoms with Gasteiger partial charge in [0.25, 0.3) is 0 Å². The van der Waals surface area contributed by atoms with Crippen molar-refractivity contribution < 1.29 is 13.2 Å². The lowest BCUT2D eigenvalue weighted by atomic mass is 10.0. The quantitative estimate of drug-likeness (QED) is 0.709. The molecule has 1 heterocycles. The zero-order valence-corrected chi connectivity index (χ0v) is 12.8. The Morgan fingerprint density at radius 2 is 1.95 bits per heavy atom.